The van der Waals surface area contributed by atoms with Crippen LogP contribution < -0.4 is 5.56 Å². The van der Waals surface area contributed by atoms with Crippen LogP contribution in [-0.2, 0) is 6.18 Å². The minimum atomic E-state index is -4.83. The zero-order valence-corrected chi connectivity index (χ0v) is 10.7. The van der Waals surface area contributed by atoms with Crippen LogP contribution in [0.5, 0.6) is 0 Å². The smallest absolute Gasteiger partial charge is 0.268 e. The Balaban J connectivity index is 2.81. The molecule has 0 fully saturated rings. The number of nitrogens with one attached hydrogen (secondary N) is 1. The van der Waals surface area contributed by atoms with Crippen molar-refractivity contribution in [2.75, 3.05) is 0 Å². The van der Waals surface area contributed by atoms with E-state index in [1.54, 1.807) is 0 Å². The molecule has 0 bridgehead atoms. The molecule has 0 saturated carbocycles. The highest BCUT2D eigenvalue weighted by Gasteiger charge is 2.38. The lowest BCUT2D eigenvalue weighted by Gasteiger charge is -2.14. The third-order valence-electron chi connectivity index (χ3n) is 2.69. The van der Waals surface area contributed by atoms with E-state index >= 15 is 0 Å². The Hall–Kier alpha value is -1.89. The monoisotopic (exact) mass is 306 g/mol. The van der Waals surface area contributed by atoms with E-state index in [9.17, 15) is 22.4 Å². The van der Waals surface area contributed by atoms with Crippen molar-refractivity contribution in [3.63, 3.8) is 0 Å². The molecule has 8 heteroatoms. The van der Waals surface area contributed by atoms with E-state index in [1.165, 1.54) is 6.07 Å². The summed E-state index contributed by atoms with van der Waals surface area (Å²) in [5.74, 6) is -0.957. The van der Waals surface area contributed by atoms with Crippen LogP contribution >= 0.6 is 11.6 Å². The van der Waals surface area contributed by atoms with Gasteiger partial charge in [0.2, 0.25) is 0 Å². The van der Waals surface area contributed by atoms with Crippen LogP contribution in [0.3, 0.4) is 0 Å². The summed E-state index contributed by atoms with van der Waals surface area (Å²) in [6, 6.07) is 3.19. The van der Waals surface area contributed by atoms with Gasteiger partial charge in [0.1, 0.15) is 11.5 Å². The van der Waals surface area contributed by atoms with Crippen molar-refractivity contribution in [3.05, 3.63) is 50.5 Å². The quantitative estimate of drug-likeness (QED) is 0.819. The molecule has 0 saturated heterocycles. The van der Waals surface area contributed by atoms with Gasteiger partial charge in [0.05, 0.1) is 5.56 Å². The van der Waals surface area contributed by atoms with E-state index in [4.69, 9.17) is 11.6 Å². The first kappa shape index (κ1) is 14.5. The van der Waals surface area contributed by atoms with E-state index in [-0.39, 0.29) is 10.6 Å². The molecule has 0 radical (unpaired) electrons. The Morgan fingerprint density at radius 3 is 2.50 bits per heavy atom. The van der Waals surface area contributed by atoms with Crippen molar-refractivity contribution >= 4 is 11.6 Å². The Labute approximate surface area is 115 Å². The summed E-state index contributed by atoms with van der Waals surface area (Å²) in [7, 11) is 0. The van der Waals surface area contributed by atoms with Gasteiger partial charge in [-0.1, -0.05) is 11.6 Å². The average molecular weight is 307 g/mol. The fourth-order valence-electron chi connectivity index (χ4n) is 1.76. The molecule has 0 aliphatic heterocycles. The van der Waals surface area contributed by atoms with Crippen LogP contribution in [0.4, 0.5) is 17.6 Å². The first-order valence-corrected chi connectivity index (χ1v) is 5.71. The van der Waals surface area contributed by atoms with E-state index < -0.39 is 34.4 Å². The second-order valence-corrected chi connectivity index (χ2v) is 4.46. The summed E-state index contributed by atoms with van der Waals surface area (Å²) < 4.78 is 52.9. The van der Waals surface area contributed by atoms with Crippen LogP contribution in [0.15, 0.2) is 23.0 Å². The molecule has 1 heterocycles. The van der Waals surface area contributed by atoms with Crippen molar-refractivity contribution in [1.29, 1.82) is 0 Å². The number of rotatable bonds is 1. The van der Waals surface area contributed by atoms with Crippen LogP contribution in [0, 0.1) is 12.7 Å². The molecule has 3 nitrogen and oxygen atoms in total. The van der Waals surface area contributed by atoms with Gasteiger partial charge in [0.15, 0.2) is 0 Å². The lowest BCUT2D eigenvalue weighted by Crippen LogP contribution is -2.21. The molecule has 2 aromatic rings. The SMILES string of the molecule is Cc1c(C(F)(F)F)c(-c2ccc(Cl)cc2F)n[nH]c1=O. The molecule has 0 amide bonds. The molecule has 20 heavy (non-hydrogen) atoms. The van der Waals surface area contributed by atoms with E-state index in [1.807, 2.05) is 5.10 Å². The maximum atomic E-state index is 13.8. The minimum absolute atomic E-state index is 0.0426. The summed E-state index contributed by atoms with van der Waals surface area (Å²) in [4.78, 5) is 11.3. The fourth-order valence-corrected chi connectivity index (χ4v) is 1.92. The predicted octanol–water partition coefficient (Wildman–Crippen LogP) is 3.56. The van der Waals surface area contributed by atoms with E-state index in [0.29, 0.717) is 0 Å². The van der Waals surface area contributed by atoms with Gasteiger partial charge in [0, 0.05) is 16.1 Å². The molecule has 0 atom stereocenters. The molecule has 2 rings (SSSR count). The summed E-state index contributed by atoms with van der Waals surface area (Å²) in [5.41, 5.74) is -3.88. The predicted molar refractivity (Wildman–Crippen MR) is 65.0 cm³/mol. The topological polar surface area (TPSA) is 45.8 Å². The van der Waals surface area contributed by atoms with Gasteiger partial charge in [-0.2, -0.15) is 18.3 Å². The summed E-state index contributed by atoms with van der Waals surface area (Å²) in [6.07, 6.45) is -4.83. The number of benzene rings is 1. The van der Waals surface area contributed by atoms with Crippen molar-refractivity contribution in [1.82, 2.24) is 10.2 Å². The zero-order chi connectivity index (χ0) is 15.1. The molecular weight excluding hydrogens is 300 g/mol. The highest BCUT2D eigenvalue weighted by molar-refractivity contribution is 6.30. The van der Waals surface area contributed by atoms with Crippen molar-refractivity contribution in [2.45, 2.75) is 13.1 Å². The average Bonchev–Trinajstić information content (AvgIpc) is 2.31. The maximum absolute atomic E-state index is 13.8. The Bertz CT molecular complexity index is 724. The summed E-state index contributed by atoms with van der Waals surface area (Å²) in [6.45, 7) is 1.00. The molecule has 0 aliphatic carbocycles. The third-order valence-corrected chi connectivity index (χ3v) is 2.93. The third kappa shape index (κ3) is 2.53. The van der Waals surface area contributed by atoms with Crippen LogP contribution in [0.2, 0.25) is 5.02 Å². The highest BCUT2D eigenvalue weighted by atomic mass is 35.5. The number of hydrogen-bond donors (Lipinski definition) is 1. The Morgan fingerprint density at radius 1 is 1.30 bits per heavy atom. The molecule has 0 unspecified atom stereocenters. The number of nitrogens with zero attached hydrogens (tertiary/aromatic N) is 1. The van der Waals surface area contributed by atoms with Crippen molar-refractivity contribution < 1.29 is 17.6 Å². The second kappa shape index (κ2) is 4.90. The first-order valence-electron chi connectivity index (χ1n) is 5.33. The molecule has 0 spiro atoms. The molecule has 106 valence electrons. The summed E-state index contributed by atoms with van der Waals surface area (Å²) >= 11 is 5.55. The van der Waals surface area contributed by atoms with Gasteiger partial charge in [-0.15, -0.1) is 0 Å². The highest BCUT2D eigenvalue weighted by Crippen LogP contribution is 2.37. The van der Waals surface area contributed by atoms with Crippen molar-refractivity contribution in [3.8, 4) is 11.3 Å². The van der Waals surface area contributed by atoms with Crippen LogP contribution in [0.25, 0.3) is 11.3 Å². The van der Waals surface area contributed by atoms with Gasteiger partial charge >= 0.3 is 6.18 Å². The zero-order valence-electron chi connectivity index (χ0n) is 9.98. The molecule has 1 N–H and O–H groups in total. The van der Waals surface area contributed by atoms with Gasteiger partial charge in [0.25, 0.3) is 5.56 Å². The molecule has 1 aromatic heterocycles. The number of aromatic nitrogens is 2. The van der Waals surface area contributed by atoms with Crippen LogP contribution in [0.1, 0.15) is 11.1 Å². The van der Waals surface area contributed by atoms with Gasteiger partial charge in [-0.25, -0.2) is 9.49 Å². The van der Waals surface area contributed by atoms with Gasteiger partial charge < -0.3 is 0 Å². The van der Waals surface area contributed by atoms with Crippen molar-refractivity contribution in [2.24, 2.45) is 0 Å². The fraction of sp³-hybridized carbons (Fsp3) is 0.167. The maximum Gasteiger partial charge on any atom is 0.419 e. The summed E-state index contributed by atoms with van der Waals surface area (Å²) in [5, 5.41) is 5.28. The second-order valence-electron chi connectivity index (χ2n) is 4.02. The standard InChI is InChI=1S/C12H7ClF4N2O/c1-5-9(12(15,16)17)10(18-19-11(5)20)7-3-2-6(13)4-8(7)14/h2-4H,1H3,(H,19,20). The van der Waals surface area contributed by atoms with Crippen LogP contribution in [-0.4, -0.2) is 10.2 Å². The molecular formula is C12H7ClF4N2O. The first-order chi connectivity index (χ1) is 9.21. The van der Waals surface area contributed by atoms with Gasteiger partial charge in [-0.3, -0.25) is 4.79 Å². The number of halogens is 5. The molecule has 0 aliphatic rings. The Morgan fingerprint density at radius 2 is 1.95 bits per heavy atom. The van der Waals surface area contributed by atoms with Gasteiger partial charge in [-0.05, 0) is 25.1 Å². The minimum Gasteiger partial charge on any atom is -0.268 e. The lowest BCUT2D eigenvalue weighted by atomic mass is 10.0. The largest absolute Gasteiger partial charge is 0.419 e. The lowest BCUT2D eigenvalue weighted by molar-refractivity contribution is -0.137. The number of H-pyrrole nitrogens is 1. The van der Waals surface area contributed by atoms with E-state index in [0.717, 1.165) is 19.1 Å². The number of aromatic amines is 1. The molecule has 1 aromatic carbocycles. The van der Waals surface area contributed by atoms with E-state index in [2.05, 4.69) is 5.10 Å². The number of alkyl halides is 3. The normalized spacial score (nSPS) is 11.7. The number of hydrogen-bond acceptors (Lipinski definition) is 2. The Kier molecular flexibility index (Phi) is 3.56.